The number of hydrogen-bond donors (Lipinski definition) is 0. The van der Waals surface area contributed by atoms with E-state index in [4.69, 9.17) is 0 Å². The fourth-order valence-electron chi connectivity index (χ4n) is 6.00. The van der Waals surface area contributed by atoms with Gasteiger partial charge < -0.3 is 0 Å². The van der Waals surface area contributed by atoms with Gasteiger partial charge in [-0.25, -0.2) is 0 Å². The van der Waals surface area contributed by atoms with Crippen LogP contribution in [-0.2, 0) is 0 Å². The molecule has 0 aliphatic heterocycles. The standard InChI is InChI=1S/C14H22/c1-8(2)13(3)10-4-9-6-14(7-12(13)14)11(9)5-10/h8-12H,4-7H2,1-3H3. The summed E-state index contributed by atoms with van der Waals surface area (Å²) in [6.45, 7) is 7.57. The van der Waals surface area contributed by atoms with Crippen LogP contribution >= 0.6 is 0 Å². The molecule has 4 aliphatic carbocycles. The molecule has 0 heteroatoms. The second-order valence-electron chi connectivity index (χ2n) is 7.25. The minimum atomic E-state index is 0.724. The highest BCUT2D eigenvalue weighted by molar-refractivity contribution is 5.27. The van der Waals surface area contributed by atoms with Crippen LogP contribution in [0.1, 0.15) is 46.5 Å². The summed E-state index contributed by atoms with van der Waals surface area (Å²) in [6, 6.07) is 0. The van der Waals surface area contributed by atoms with Gasteiger partial charge in [-0.15, -0.1) is 0 Å². The first-order chi connectivity index (χ1) is 6.59. The zero-order valence-corrected chi connectivity index (χ0v) is 9.72. The van der Waals surface area contributed by atoms with Gasteiger partial charge in [-0.3, -0.25) is 0 Å². The minimum Gasteiger partial charge on any atom is -0.0622 e. The third-order valence-corrected chi connectivity index (χ3v) is 7.07. The predicted molar refractivity (Wildman–Crippen MR) is 57.8 cm³/mol. The summed E-state index contributed by atoms with van der Waals surface area (Å²) in [5.41, 5.74) is 1.64. The van der Waals surface area contributed by atoms with Crippen LogP contribution in [-0.4, -0.2) is 0 Å². The lowest BCUT2D eigenvalue weighted by atomic mass is 9.55. The van der Waals surface area contributed by atoms with Crippen molar-refractivity contribution in [1.82, 2.24) is 0 Å². The van der Waals surface area contributed by atoms with Crippen molar-refractivity contribution in [3.8, 4) is 0 Å². The Bertz CT molecular complexity index is 301. The van der Waals surface area contributed by atoms with Crippen molar-refractivity contribution in [2.45, 2.75) is 46.5 Å². The van der Waals surface area contributed by atoms with Gasteiger partial charge in [0.05, 0.1) is 0 Å². The Hall–Kier alpha value is 0. The lowest BCUT2D eigenvalue weighted by molar-refractivity contribution is -0.0157. The zero-order valence-electron chi connectivity index (χ0n) is 9.72. The molecule has 4 saturated carbocycles. The molecule has 2 bridgehead atoms. The minimum absolute atomic E-state index is 0.724. The maximum Gasteiger partial charge on any atom is -0.0227 e. The van der Waals surface area contributed by atoms with Gasteiger partial charge >= 0.3 is 0 Å². The molecule has 0 aromatic heterocycles. The van der Waals surface area contributed by atoms with Gasteiger partial charge in [-0.1, -0.05) is 20.8 Å². The van der Waals surface area contributed by atoms with E-state index < -0.39 is 0 Å². The molecule has 6 unspecified atom stereocenters. The van der Waals surface area contributed by atoms with Crippen molar-refractivity contribution in [2.24, 2.45) is 40.4 Å². The van der Waals surface area contributed by atoms with Crippen LogP contribution in [0.4, 0.5) is 0 Å². The molecule has 4 aliphatic rings. The van der Waals surface area contributed by atoms with Crippen molar-refractivity contribution in [3.63, 3.8) is 0 Å². The molecular formula is C14H22. The summed E-state index contributed by atoms with van der Waals surface area (Å²) < 4.78 is 0. The Morgan fingerprint density at radius 1 is 1.14 bits per heavy atom. The molecule has 0 nitrogen and oxygen atoms in total. The highest BCUT2D eigenvalue weighted by Gasteiger charge is 2.79. The molecule has 78 valence electrons. The van der Waals surface area contributed by atoms with Crippen molar-refractivity contribution in [2.75, 3.05) is 0 Å². The van der Waals surface area contributed by atoms with Gasteiger partial charge in [-0.2, -0.15) is 0 Å². The predicted octanol–water partition coefficient (Wildman–Crippen LogP) is 3.71. The van der Waals surface area contributed by atoms with Crippen molar-refractivity contribution in [1.29, 1.82) is 0 Å². The maximum absolute atomic E-state index is 2.62. The number of fused-ring (bicyclic) bond motifs is 1. The first kappa shape index (κ1) is 8.19. The molecule has 14 heavy (non-hydrogen) atoms. The van der Waals surface area contributed by atoms with E-state index in [0.29, 0.717) is 0 Å². The molecule has 6 atom stereocenters. The summed E-state index contributed by atoms with van der Waals surface area (Å²) in [5.74, 6) is 5.52. The Labute approximate surface area is 87.5 Å². The van der Waals surface area contributed by atoms with Crippen LogP contribution in [0, 0.1) is 40.4 Å². The summed E-state index contributed by atoms with van der Waals surface area (Å²) in [5, 5.41) is 0. The lowest BCUT2D eigenvalue weighted by Gasteiger charge is -2.50. The average molecular weight is 190 g/mol. The summed E-state index contributed by atoms with van der Waals surface area (Å²) in [6.07, 6.45) is 6.44. The molecule has 0 heterocycles. The van der Waals surface area contributed by atoms with Crippen LogP contribution in [0.3, 0.4) is 0 Å². The molecule has 4 fully saturated rings. The van der Waals surface area contributed by atoms with E-state index >= 15 is 0 Å². The summed E-state index contributed by atoms with van der Waals surface area (Å²) in [7, 11) is 0. The largest absolute Gasteiger partial charge is 0.0622 e. The molecular weight excluding hydrogens is 168 g/mol. The van der Waals surface area contributed by atoms with Crippen LogP contribution in [0.15, 0.2) is 0 Å². The van der Waals surface area contributed by atoms with Gasteiger partial charge in [0.1, 0.15) is 0 Å². The molecule has 0 aromatic rings. The van der Waals surface area contributed by atoms with E-state index in [1.54, 1.807) is 25.7 Å². The van der Waals surface area contributed by atoms with Crippen LogP contribution in [0.2, 0.25) is 0 Å². The molecule has 0 N–H and O–H groups in total. The number of rotatable bonds is 1. The van der Waals surface area contributed by atoms with E-state index in [0.717, 1.165) is 28.6 Å². The van der Waals surface area contributed by atoms with Crippen molar-refractivity contribution < 1.29 is 0 Å². The second kappa shape index (κ2) is 1.95. The van der Waals surface area contributed by atoms with Gasteiger partial charge in [0, 0.05) is 0 Å². The highest BCUT2D eigenvalue weighted by Crippen LogP contribution is 2.86. The van der Waals surface area contributed by atoms with Gasteiger partial charge in [0.15, 0.2) is 0 Å². The van der Waals surface area contributed by atoms with E-state index in [2.05, 4.69) is 20.8 Å². The normalized spacial score (nSPS) is 67.7. The maximum atomic E-state index is 2.62. The molecule has 1 spiro atoms. The third-order valence-electron chi connectivity index (χ3n) is 7.07. The lowest BCUT2D eigenvalue weighted by Crippen LogP contribution is -2.43. The Balaban J connectivity index is 1.81. The SMILES string of the molecule is CC(C)C1(C)C2CC3CC4(CC41)C3C2. The monoisotopic (exact) mass is 190 g/mol. The van der Waals surface area contributed by atoms with E-state index in [1.165, 1.54) is 11.8 Å². The molecule has 0 aromatic carbocycles. The first-order valence-electron chi connectivity index (χ1n) is 6.59. The number of hydrogen-bond acceptors (Lipinski definition) is 0. The molecule has 4 rings (SSSR count). The quantitative estimate of drug-likeness (QED) is 0.591. The van der Waals surface area contributed by atoms with E-state index in [9.17, 15) is 0 Å². The van der Waals surface area contributed by atoms with Gasteiger partial charge in [-0.05, 0) is 66.1 Å². The molecule has 0 amide bonds. The molecule has 0 saturated heterocycles. The molecule has 0 radical (unpaired) electrons. The third kappa shape index (κ3) is 0.581. The second-order valence-corrected chi connectivity index (χ2v) is 7.25. The fraction of sp³-hybridized carbons (Fsp3) is 1.00. The van der Waals surface area contributed by atoms with Crippen LogP contribution in [0.5, 0.6) is 0 Å². The van der Waals surface area contributed by atoms with Crippen LogP contribution < -0.4 is 0 Å². The van der Waals surface area contributed by atoms with E-state index in [1.807, 2.05) is 0 Å². The fourth-order valence-corrected chi connectivity index (χ4v) is 6.00. The average Bonchev–Trinajstić information content (AvgIpc) is 2.79. The smallest absolute Gasteiger partial charge is 0.0227 e. The Kier molecular flexibility index (Phi) is 1.14. The summed E-state index contributed by atoms with van der Waals surface area (Å²) >= 11 is 0. The topological polar surface area (TPSA) is 0 Å². The van der Waals surface area contributed by atoms with Crippen molar-refractivity contribution in [3.05, 3.63) is 0 Å². The summed E-state index contributed by atoms with van der Waals surface area (Å²) in [4.78, 5) is 0. The Morgan fingerprint density at radius 2 is 1.93 bits per heavy atom. The van der Waals surface area contributed by atoms with Gasteiger partial charge in [0.2, 0.25) is 0 Å². The van der Waals surface area contributed by atoms with Gasteiger partial charge in [0.25, 0.3) is 0 Å². The van der Waals surface area contributed by atoms with Crippen LogP contribution in [0.25, 0.3) is 0 Å². The Morgan fingerprint density at radius 3 is 2.64 bits per heavy atom. The first-order valence-corrected chi connectivity index (χ1v) is 6.59. The van der Waals surface area contributed by atoms with Crippen molar-refractivity contribution >= 4 is 0 Å². The zero-order chi connectivity index (χ0) is 9.72. The highest BCUT2D eigenvalue weighted by atomic mass is 14.8. The van der Waals surface area contributed by atoms with E-state index in [-0.39, 0.29) is 0 Å².